The molecule has 0 fully saturated rings. The van der Waals surface area contributed by atoms with Crippen molar-refractivity contribution in [2.75, 3.05) is 26.4 Å². The van der Waals surface area contributed by atoms with Gasteiger partial charge in [0.1, 0.15) is 17.1 Å². The van der Waals surface area contributed by atoms with Crippen LogP contribution < -0.4 is 16.1 Å². The average Bonchev–Trinajstić information content (AvgIpc) is 3.43. The zero-order valence-corrected chi connectivity index (χ0v) is 26.1. The summed E-state index contributed by atoms with van der Waals surface area (Å²) >= 11 is 4.77. The Labute approximate surface area is 266 Å². The number of nitrogens with zero attached hydrogens (tertiary/aromatic N) is 2. The number of ether oxygens (including phenoxy) is 1. The summed E-state index contributed by atoms with van der Waals surface area (Å²) in [4.78, 5) is 42.6. The van der Waals surface area contributed by atoms with Crippen molar-refractivity contribution in [1.82, 2.24) is 21.0 Å². The van der Waals surface area contributed by atoms with Crippen LogP contribution in [0.5, 0.6) is 5.75 Å². The molecular formula is C31H30BrN5O6S. The van der Waals surface area contributed by atoms with Crippen LogP contribution in [-0.2, 0) is 11.3 Å². The molecule has 0 saturated heterocycles. The lowest BCUT2D eigenvalue weighted by Crippen LogP contribution is -2.27. The number of aromatic nitrogens is 1. The number of carbonyl (C=O) groups excluding carboxylic acids is 3. The van der Waals surface area contributed by atoms with Gasteiger partial charge in [0.25, 0.3) is 17.7 Å². The third-order valence-corrected chi connectivity index (χ3v) is 7.78. The van der Waals surface area contributed by atoms with Crippen LogP contribution in [0.1, 0.15) is 49.4 Å². The predicted molar refractivity (Wildman–Crippen MR) is 171 cm³/mol. The number of aliphatic hydroxyl groups excluding tert-OH is 1. The Kier molecular flexibility index (Phi) is 11.7. The molecule has 4 aromatic rings. The van der Waals surface area contributed by atoms with Gasteiger partial charge in [0.05, 0.1) is 36.0 Å². The third-order valence-electron chi connectivity index (χ3n) is 6.24. The van der Waals surface area contributed by atoms with Crippen LogP contribution in [0.25, 0.3) is 10.4 Å². The number of halogens is 1. The van der Waals surface area contributed by atoms with Crippen molar-refractivity contribution in [2.24, 2.45) is 5.10 Å². The second kappa shape index (κ2) is 15.9. The number of nitrogens with one attached hydrogen (secondary N) is 3. The zero-order chi connectivity index (χ0) is 31.5. The number of hydrogen-bond acceptors (Lipinski definition) is 9. The number of hydrazone groups is 1. The van der Waals surface area contributed by atoms with Gasteiger partial charge in [-0.15, -0.1) is 11.3 Å². The van der Waals surface area contributed by atoms with Gasteiger partial charge in [0.15, 0.2) is 0 Å². The molecule has 0 aliphatic heterocycles. The van der Waals surface area contributed by atoms with Crippen LogP contribution in [0.4, 0.5) is 0 Å². The number of thiophene rings is 1. The highest BCUT2D eigenvalue weighted by Crippen LogP contribution is 2.39. The van der Waals surface area contributed by atoms with Crippen LogP contribution in [0.3, 0.4) is 0 Å². The molecule has 4 rings (SSSR count). The molecule has 13 heteroatoms. The van der Waals surface area contributed by atoms with Crippen LogP contribution in [-0.4, -0.2) is 65.0 Å². The number of aromatic hydroxyl groups is 1. The minimum atomic E-state index is -0.615. The number of pyridine rings is 1. The van der Waals surface area contributed by atoms with Gasteiger partial charge in [-0.1, -0.05) is 46.3 Å². The summed E-state index contributed by atoms with van der Waals surface area (Å²) in [5.41, 5.74) is 5.45. The van der Waals surface area contributed by atoms with E-state index in [-0.39, 0.29) is 42.8 Å². The summed E-state index contributed by atoms with van der Waals surface area (Å²) in [5, 5.41) is 30.8. The first-order valence-electron chi connectivity index (χ1n) is 13.5. The van der Waals surface area contributed by atoms with Gasteiger partial charge in [-0.2, -0.15) is 5.10 Å². The minimum absolute atomic E-state index is 0.00332. The predicted octanol–water partition coefficient (Wildman–Crippen LogP) is 4.10. The van der Waals surface area contributed by atoms with E-state index in [1.54, 1.807) is 42.6 Å². The van der Waals surface area contributed by atoms with E-state index in [0.29, 0.717) is 34.9 Å². The van der Waals surface area contributed by atoms with Gasteiger partial charge in [-0.25, -0.2) is 10.4 Å². The van der Waals surface area contributed by atoms with E-state index in [9.17, 15) is 19.5 Å². The molecule has 0 bridgehead atoms. The van der Waals surface area contributed by atoms with Crippen molar-refractivity contribution in [3.8, 4) is 16.2 Å². The van der Waals surface area contributed by atoms with Gasteiger partial charge in [-0.05, 0) is 54.4 Å². The standard InChI is InChI=1S/C31H30BrN5O6S/c1-19(24-18-44-28(27(24)39)21-9-11-23(32)12-10-21)36-37-31(42)26-4-2-3-25(35-26)30(41)34-17-20-5-7-22(8-6-20)29(40)33-13-15-43-16-14-38/h2-12,18,38-39H,13-17H2,1H3,(H,33,40)(H,34,41)(H,37,42)/b36-19+. The molecule has 0 unspecified atom stereocenters. The van der Waals surface area contributed by atoms with Crippen LogP contribution in [0.2, 0.25) is 0 Å². The molecule has 0 radical (unpaired) electrons. The molecule has 0 saturated carbocycles. The van der Waals surface area contributed by atoms with Crippen molar-refractivity contribution >= 4 is 50.7 Å². The van der Waals surface area contributed by atoms with Crippen molar-refractivity contribution < 1.29 is 29.3 Å². The quantitative estimate of drug-likeness (QED) is 0.0807. The largest absolute Gasteiger partial charge is 0.506 e. The highest BCUT2D eigenvalue weighted by atomic mass is 79.9. The van der Waals surface area contributed by atoms with E-state index in [4.69, 9.17) is 9.84 Å². The normalized spacial score (nSPS) is 11.2. The maximum Gasteiger partial charge on any atom is 0.289 e. The number of carbonyl (C=O) groups is 3. The summed E-state index contributed by atoms with van der Waals surface area (Å²) in [6.45, 7) is 2.61. The molecule has 5 N–H and O–H groups in total. The van der Waals surface area contributed by atoms with E-state index >= 15 is 0 Å². The molecule has 228 valence electrons. The number of hydrogen-bond donors (Lipinski definition) is 5. The summed E-state index contributed by atoms with van der Waals surface area (Å²) in [6.07, 6.45) is 0. The fourth-order valence-corrected chi connectivity index (χ4v) is 5.18. The Morgan fingerprint density at radius 1 is 0.932 bits per heavy atom. The number of amides is 3. The van der Waals surface area contributed by atoms with Gasteiger partial charge in [-0.3, -0.25) is 14.4 Å². The highest BCUT2D eigenvalue weighted by Gasteiger charge is 2.16. The first kappa shape index (κ1) is 32.5. The van der Waals surface area contributed by atoms with Crippen molar-refractivity contribution in [3.05, 3.63) is 105 Å². The van der Waals surface area contributed by atoms with Crippen molar-refractivity contribution in [2.45, 2.75) is 13.5 Å². The fraction of sp³-hybridized carbons (Fsp3) is 0.194. The van der Waals surface area contributed by atoms with Crippen LogP contribution in [0.15, 0.2) is 81.7 Å². The summed E-state index contributed by atoms with van der Waals surface area (Å²) in [7, 11) is 0. The van der Waals surface area contributed by atoms with E-state index < -0.39 is 11.8 Å². The summed E-state index contributed by atoms with van der Waals surface area (Å²) in [5.74, 6) is -1.28. The second-order valence-corrected chi connectivity index (χ2v) is 11.1. The Morgan fingerprint density at radius 2 is 1.64 bits per heavy atom. The molecule has 2 aromatic heterocycles. The van der Waals surface area contributed by atoms with Gasteiger partial charge in [0, 0.05) is 28.5 Å². The van der Waals surface area contributed by atoms with E-state index in [1.807, 2.05) is 24.3 Å². The minimum Gasteiger partial charge on any atom is -0.506 e. The van der Waals surface area contributed by atoms with Gasteiger partial charge in [0.2, 0.25) is 0 Å². The SMILES string of the molecule is C/C(=N\NC(=O)c1cccc(C(=O)NCc2ccc(C(=O)NCCOCCO)cc2)n1)c1csc(-c2ccc(Br)cc2)c1O. The van der Waals surface area contributed by atoms with Crippen molar-refractivity contribution in [1.29, 1.82) is 0 Å². The van der Waals surface area contributed by atoms with Gasteiger partial charge >= 0.3 is 0 Å². The molecule has 44 heavy (non-hydrogen) atoms. The topological polar surface area (TPSA) is 162 Å². The Hall–Kier alpha value is -4.43. The summed E-state index contributed by atoms with van der Waals surface area (Å²) < 4.78 is 6.04. The number of rotatable bonds is 13. The first-order chi connectivity index (χ1) is 21.3. The number of aliphatic hydroxyl groups is 1. The molecule has 2 heterocycles. The highest BCUT2D eigenvalue weighted by molar-refractivity contribution is 9.10. The van der Waals surface area contributed by atoms with E-state index in [2.05, 4.69) is 42.1 Å². The molecular weight excluding hydrogens is 650 g/mol. The van der Waals surface area contributed by atoms with Gasteiger partial charge < -0.3 is 25.6 Å². The van der Waals surface area contributed by atoms with E-state index in [0.717, 1.165) is 15.6 Å². The molecule has 3 amide bonds. The average molecular weight is 681 g/mol. The molecule has 0 aliphatic carbocycles. The van der Waals surface area contributed by atoms with Crippen LogP contribution in [0, 0.1) is 0 Å². The number of benzene rings is 2. The third kappa shape index (κ3) is 8.80. The Morgan fingerprint density at radius 3 is 2.34 bits per heavy atom. The lowest BCUT2D eigenvalue weighted by Gasteiger charge is -2.08. The van der Waals surface area contributed by atoms with E-state index in [1.165, 1.54) is 23.5 Å². The maximum atomic E-state index is 12.8. The molecule has 11 nitrogen and oxygen atoms in total. The lowest BCUT2D eigenvalue weighted by molar-refractivity contribution is 0.0837. The van der Waals surface area contributed by atoms with Crippen LogP contribution >= 0.6 is 27.3 Å². The smallest absolute Gasteiger partial charge is 0.289 e. The Bertz CT molecular complexity index is 1640. The molecule has 0 spiro atoms. The maximum absolute atomic E-state index is 12.8. The molecule has 0 atom stereocenters. The monoisotopic (exact) mass is 679 g/mol. The zero-order valence-electron chi connectivity index (χ0n) is 23.7. The second-order valence-electron chi connectivity index (χ2n) is 9.35. The summed E-state index contributed by atoms with van der Waals surface area (Å²) in [6, 6.07) is 18.8. The molecule has 2 aromatic carbocycles. The first-order valence-corrected chi connectivity index (χ1v) is 15.2. The Balaban J connectivity index is 1.30. The fourth-order valence-electron chi connectivity index (χ4n) is 3.91. The van der Waals surface area contributed by atoms with Crippen molar-refractivity contribution in [3.63, 3.8) is 0 Å². The lowest BCUT2D eigenvalue weighted by atomic mass is 10.1. The molecule has 0 aliphatic rings.